The minimum absolute atomic E-state index is 0.141. The first-order chi connectivity index (χ1) is 19.7. The summed E-state index contributed by atoms with van der Waals surface area (Å²) < 4.78 is 38.3. The SMILES string of the molecule is COc1cc(/C=N/NC(=O)c2ccc(NS(=O)(=O)c3ccc(C)cc3)cc2)ccc1OC(=O)/C=C/c1ccccc1. The third-order valence-corrected chi connectivity index (χ3v) is 7.12. The van der Waals surface area contributed by atoms with Crippen LogP contribution >= 0.6 is 0 Å². The van der Waals surface area contributed by atoms with Crippen molar-refractivity contribution in [2.75, 3.05) is 11.8 Å². The number of aryl methyl sites for hydroxylation is 1. The van der Waals surface area contributed by atoms with Gasteiger partial charge in [-0.25, -0.2) is 18.6 Å². The standard InChI is InChI=1S/C31H27N3O6S/c1-22-8-16-27(17-9-22)41(37,38)34-26-14-12-25(13-15-26)31(36)33-32-21-24-10-18-28(29(20-24)39-2)40-30(35)19-11-23-6-4-3-5-7-23/h3-21,34H,1-2H3,(H,33,36)/b19-11+,32-21+. The van der Waals surface area contributed by atoms with Crippen molar-refractivity contribution in [1.82, 2.24) is 5.43 Å². The van der Waals surface area contributed by atoms with Gasteiger partial charge in [0.1, 0.15) is 0 Å². The van der Waals surface area contributed by atoms with Crippen LogP contribution in [-0.2, 0) is 14.8 Å². The zero-order chi connectivity index (χ0) is 29.2. The van der Waals surface area contributed by atoms with Gasteiger partial charge < -0.3 is 9.47 Å². The van der Waals surface area contributed by atoms with E-state index in [2.05, 4.69) is 15.2 Å². The molecule has 0 heterocycles. The maximum absolute atomic E-state index is 12.6. The Balaban J connectivity index is 1.33. The highest BCUT2D eigenvalue weighted by molar-refractivity contribution is 7.92. The number of hydrogen-bond acceptors (Lipinski definition) is 7. The van der Waals surface area contributed by atoms with Gasteiger partial charge in [-0.1, -0.05) is 48.0 Å². The van der Waals surface area contributed by atoms with E-state index in [1.807, 2.05) is 37.3 Å². The van der Waals surface area contributed by atoms with Gasteiger partial charge in [0.2, 0.25) is 0 Å². The van der Waals surface area contributed by atoms with E-state index < -0.39 is 21.9 Å². The van der Waals surface area contributed by atoms with Crippen molar-refractivity contribution in [2.45, 2.75) is 11.8 Å². The molecule has 10 heteroatoms. The van der Waals surface area contributed by atoms with Crippen molar-refractivity contribution < 1.29 is 27.5 Å². The fraction of sp³-hybridized carbons (Fsp3) is 0.0645. The highest BCUT2D eigenvalue weighted by Crippen LogP contribution is 2.28. The third-order valence-electron chi connectivity index (χ3n) is 5.72. The minimum Gasteiger partial charge on any atom is -0.493 e. The Labute approximate surface area is 238 Å². The summed E-state index contributed by atoms with van der Waals surface area (Å²) in [5.74, 6) is -0.508. The molecule has 4 aromatic rings. The van der Waals surface area contributed by atoms with Crippen LogP contribution in [0.25, 0.3) is 6.08 Å². The molecular formula is C31H27N3O6S. The van der Waals surface area contributed by atoms with Crippen LogP contribution in [0.2, 0.25) is 0 Å². The summed E-state index contributed by atoms with van der Waals surface area (Å²) in [6.07, 6.45) is 4.38. The summed E-state index contributed by atoms with van der Waals surface area (Å²) in [4.78, 5) is 24.8. The number of benzene rings is 4. The molecule has 0 aromatic heterocycles. The van der Waals surface area contributed by atoms with E-state index in [-0.39, 0.29) is 16.2 Å². The van der Waals surface area contributed by atoms with Crippen molar-refractivity contribution in [1.29, 1.82) is 0 Å². The number of methoxy groups -OCH3 is 1. The first-order valence-corrected chi connectivity index (χ1v) is 13.9. The lowest BCUT2D eigenvalue weighted by atomic mass is 10.2. The maximum atomic E-state index is 12.6. The molecule has 0 aliphatic rings. The molecule has 0 bridgehead atoms. The number of nitrogens with zero attached hydrogens (tertiary/aromatic N) is 1. The molecule has 0 saturated carbocycles. The first kappa shape index (κ1) is 28.8. The minimum atomic E-state index is -3.75. The van der Waals surface area contributed by atoms with Crippen molar-refractivity contribution >= 4 is 39.9 Å². The second kappa shape index (κ2) is 13.2. The Morgan fingerprint density at radius 2 is 1.54 bits per heavy atom. The zero-order valence-electron chi connectivity index (χ0n) is 22.3. The number of rotatable bonds is 10. The largest absolute Gasteiger partial charge is 0.493 e. The maximum Gasteiger partial charge on any atom is 0.336 e. The van der Waals surface area contributed by atoms with E-state index in [0.717, 1.165) is 11.1 Å². The van der Waals surface area contributed by atoms with E-state index >= 15 is 0 Å². The summed E-state index contributed by atoms with van der Waals surface area (Å²) in [5, 5.41) is 3.96. The van der Waals surface area contributed by atoms with Crippen molar-refractivity contribution in [3.8, 4) is 11.5 Å². The van der Waals surface area contributed by atoms with Gasteiger partial charge in [0.15, 0.2) is 11.5 Å². The number of esters is 1. The zero-order valence-corrected chi connectivity index (χ0v) is 23.1. The van der Waals surface area contributed by atoms with Crippen LogP contribution in [0.3, 0.4) is 0 Å². The number of sulfonamides is 1. The molecule has 0 aliphatic carbocycles. The number of nitrogens with one attached hydrogen (secondary N) is 2. The van der Waals surface area contributed by atoms with E-state index in [1.54, 1.807) is 36.4 Å². The molecule has 2 N–H and O–H groups in total. The number of hydrazone groups is 1. The first-order valence-electron chi connectivity index (χ1n) is 12.4. The number of ether oxygens (including phenoxy) is 2. The topological polar surface area (TPSA) is 123 Å². The summed E-state index contributed by atoms with van der Waals surface area (Å²) in [5.41, 5.74) is 5.42. The number of amides is 1. The third kappa shape index (κ3) is 8.13. The molecule has 4 rings (SSSR count). The fourth-order valence-electron chi connectivity index (χ4n) is 3.57. The van der Waals surface area contributed by atoms with E-state index in [4.69, 9.17) is 9.47 Å². The Morgan fingerprint density at radius 1 is 0.829 bits per heavy atom. The van der Waals surface area contributed by atoms with Gasteiger partial charge in [0.25, 0.3) is 15.9 Å². The lowest BCUT2D eigenvalue weighted by molar-refractivity contribution is -0.129. The van der Waals surface area contributed by atoms with Crippen LogP contribution in [0.4, 0.5) is 5.69 Å². The molecule has 0 saturated heterocycles. The average Bonchev–Trinajstić information content (AvgIpc) is 2.97. The second-order valence-corrected chi connectivity index (χ2v) is 10.5. The van der Waals surface area contributed by atoms with Crippen LogP contribution in [0.15, 0.2) is 113 Å². The Kier molecular flexibility index (Phi) is 9.28. The molecule has 41 heavy (non-hydrogen) atoms. The monoisotopic (exact) mass is 569 g/mol. The fourth-order valence-corrected chi connectivity index (χ4v) is 4.63. The number of carbonyl (C=O) groups excluding carboxylic acids is 2. The van der Waals surface area contributed by atoms with Crippen LogP contribution in [-0.4, -0.2) is 33.6 Å². The van der Waals surface area contributed by atoms with Gasteiger partial charge in [-0.05, 0) is 78.7 Å². The second-order valence-electron chi connectivity index (χ2n) is 8.77. The van der Waals surface area contributed by atoms with E-state index in [0.29, 0.717) is 17.0 Å². The van der Waals surface area contributed by atoms with Gasteiger partial charge in [0.05, 0.1) is 18.2 Å². The molecule has 208 valence electrons. The van der Waals surface area contributed by atoms with Crippen molar-refractivity contribution in [2.24, 2.45) is 5.10 Å². The van der Waals surface area contributed by atoms with Gasteiger partial charge in [-0.15, -0.1) is 0 Å². The lowest BCUT2D eigenvalue weighted by Crippen LogP contribution is -2.18. The van der Waals surface area contributed by atoms with Crippen molar-refractivity contribution in [3.63, 3.8) is 0 Å². The molecule has 1 amide bonds. The van der Waals surface area contributed by atoms with Crippen LogP contribution in [0.1, 0.15) is 27.0 Å². The highest BCUT2D eigenvalue weighted by atomic mass is 32.2. The van der Waals surface area contributed by atoms with Crippen LogP contribution in [0, 0.1) is 6.92 Å². The predicted molar refractivity (Wildman–Crippen MR) is 158 cm³/mol. The molecule has 0 fully saturated rings. The van der Waals surface area contributed by atoms with Gasteiger partial charge in [-0.2, -0.15) is 5.10 Å². The average molecular weight is 570 g/mol. The summed E-state index contributed by atoms with van der Waals surface area (Å²) in [7, 11) is -2.31. The number of hydrogen-bond donors (Lipinski definition) is 2. The molecule has 0 unspecified atom stereocenters. The molecule has 9 nitrogen and oxygen atoms in total. The van der Waals surface area contributed by atoms with Crippen LogP contribution in [0.5, 0.6) is 11.5 Å². The van der Waals surface area contributed by atoms with Crippen LogP contribution < -0.4 is 19.6 Å². The summed E-state index contributed by atoms with van der Waals surface area (Å²) in [6, 6.07) is 26.6. The normalized spacial score (nSPS) is 11.4. The quantitative estimate of drug-likeness (QED) is 0.0891. The molecule has 0 aliphatic heterocycles. The van der Waals surface area contributed by atoms with E-state index in [9.17, 15) is 18.0 Å². The van der Waals surface area contributed by atoms with Gasteiger partial charge in [0, 0.05) is 17.3 Å². The molecular weight excluding hydrogens is 542 g/mol. The Morgan fingerprint density at radius 3 is 2.22 bits per heavy atom. The van der Waals surface area contributed by atoms with E-state index in [1.165, 1.54) is 55.8 Å². The Bertz CT molecular complexity index is 1680. The molecule has 0 spiro atoms. The van der Waals surface area contributed by atoms with Gasteiger partial charge in [-0.3, -0.25) is 9.52 Å². The Hall–Kier alpha value is -5.22. The smallest absolute Gasteiger partial charge is 0.336 e. The summed E-state index contributed by atoms with van der Waals surface area (Å²) >= 11 is 0. The van der Waals surface area contributed by atoms with Gasteiger partial charge >= 0.3 is 5.97 Å². The predicted octanol–water partition coefficient (Wildman–Crippen LogP) is 5.19. The lowest BCUT2D eigenvalue weighted by Gasteiger charge is -2.09. The number of anilines is 1. The highest BCUT2D eigenvalue weighted by Gasteiger charge is 2.14. The number of carbonyl (C=O) groups is 2. The summed E-state index contributed by atoms with van der Waals surface area (Å²) in [6.45, 7) is 1.87. The van der Waals surface area contributed by atoms with Crippen molar-refractivity contribution in [3.05, 3.63) is 125 Å². The molecule has 0 radical (unpaired) electrons. The molecule has 4 aromatic carbocycles. The molecule has 0 atom stereocenters.